The smallest absolute Gasteiger partial charge is 0.312 e. The summed E-state index contributed by atoms with van der Waals surface area (Å²) >= 11 is 0. The van der Waals surface area contributed by atoms with Crippen molar-refractivity contribution >= 4 is 29.2 Å². The number of amides is 1. The zero-order chi connectivity index (χ0) is 30.9. The number of aryl methyl sites for hydroxylation is 1. The molecule has 5 atom stereocenters. The lowest BCUT2D eigenvalue weighted by Gasteiger charge is -2.34. The molecule has 11 heteroatoms. The number of carbonyl (C=O) groups excluding carboxylic acids is 3. The summed E-state index contributed by atoms with van der Waals surface area (Å²) in [6.45, 7) is 4.78. The molecule has 5 rings (SSSR count). The van der Waals surface area contributed by atoms with Crippen LogP contribution in [0.25, 0.3) is 11.0 Å². The van der Waals surface area contributed by atoms with Gasteiger partial charge in [-0.25, -0.2) is 9.97 Å². The quantitative estimate of drug-likeness (QED) is 0.337. The van der Waals surface area contributed by atoms with Crippen LogP contribution >= 0.6 is 0 Å². The molecule has 2 bridgehead atoms. The van der Waals surface area contributed by atoms with Gasteiger partial charge in [0.15, 0.2) is 12.1 Å². The molecular weight excluding hydrogens is 560 g/mol. The number of methoxy groups -OCH3 is 1. The van der Waals surface area contributed by atoms with Gasteiger partial charge in [-0.15, -0.1) is 0 Å². The van der Waals surface area contributed by atoms with E-state index in [2.05, 4.69) is 4.98 Å². The van der Waals surface area contributed by atoms with Crippen LogP contribution in [0.2, 0.25) is 0 Å². The van der Waals surface area contributed by atoms with Crippen molar-refractivity contribution in [2.24, 2.45) is 17.3 Å². The normalized spacial score (nSPS) is 28.7. The van der Waals surface area contributed by atoms with Crippen molar-refractivity contribution in [3.8, 4) is 11.6 Å². The number of hydrogen-bond acceptors (Lipinski definition) is 8. The standard InChI is InChI=1S/C32H41F2N3O6/c1-31(2,3)21-16-28(39)42-25-12-8-10-19(25)9-6-5-7-11-23-29(36-24-15-20(41-4)13-14-22(24)35-23)43-27-17-37(30(21)40)26(18-38)32(27,33)34/h13-15,18-19,21,25-27H,5-12,16-17H2,1-4H3/t19-,21-,25-,26-,27+/m1/s1. The molecule has 3 aliphatic rings. The minimum atomic E-state index is -3.71. The fraction of sp³-hybridized carbons (Fsp3) is 0.656. The number of rotatable bonds is 2. The molecule has 0 spiro atoms. The molecule has 0 N–H and O–H groups in total. The second kappa shape index (κ2) is 12.3. The van der Waals surface area contributed by atoms with Crippen molar-refractivity contribution in [1.82, 2.24) is 14.9 Å². The summed E-state index contributed by atoms with van der Waals surface area (Å²) in [6.07, 6.45) is 4.39. The molecule has 2 aromatic rings. The molecule has 2 aliphatic heterocycles. The van der Waals surface area contributed by atoms with Crippen LogP contribution in [0.4, 0.5) is 8.78 Å². The third kappa shape index (κ3) is 6.45. The van der Waals surface area contributed by atoms with E-state index in [1.807, 2.05) is 0 Å². The van der Waals surface area contributed by atoms with Crippen molar-refractivity contribution < 1.29 is 37.4 Å². The topological polar surface area (TPSA) is 108 Å². The lowest BCUT2D eigenvalue weighted by Crippen LogP contribution is -2.49. The molecule has 1 saturated carbocycles. The Kier molecular flexibility index (Phi) is 8.90. The van der Waals surface area contributed by atoms with Crippen molar-refractivity contribution in [1.29, 1.82) is 0 Å². The van der Waals surface area contributed by atoms with E-state index in [0.717, 1.165) is 49.8 Å². The third-order valence-corrected chi connectivity index (χ3v) is 9.17. The fourth-order valence-corrected chi connectivity index (χ4v) is 6.60. The van der Waals surface area contributed by atoms with E-state index < -0.39 is 47.8 Å². The zero-order valence-electron chi connectivity index (χ0n) is 25.3. The second-order valence-electron chi connectivity index (χ2n) is 13.1. The van der Waals surface area contributed by atoms with Gasteiger partial charge in [0.1, 0.15) is 23.8 Å². The molecule has 1 saturated heterocycles. The molecule has 0 unspecified atom stereocenters. The van der Waals surface area contributed by atoms with Gasteiger partial charge in [0.2, 0.25) is 11.8 Å². The summed E-state index contributed by atoms with van der Waals surface area (Å²) in [6, 6.07) is 3.11. The van der Waals surface area contributed by atoms with E-state index in [1.165, 1.54) is 7.11 Å². The first-order chi connectivity index (χ1) is 20.4. The van der Waals surface area contributed by atoms with Crippen LogP contribution in [0.1, 0.15) is 77.8 Å². The Morgan fingerprint density at radius 3 is 2.51 bits per heavy atom. The van der Waals surface area contributed by atoms with Crippen molar-refractivity contribution in [3.63, 3.8) is 0 Å². The van der Waals surface area contributed by atoms with E-state index >= 15 is 8.78 Å². The molecule has 2 fully saturated rings. The summed E-state index contributed by atoms with van der Waals surface area (Å²) in [5.74, 6) is -5.16. The Hall–Kier alpha value is -3.37. The molecule has 1 aliphatic carbocycles. The van der Waals surface area contributed by atoms with Crippen molar-refractivity contribution in [2.75, 3.05) is 13.7 Å². The van der Waals surface area contributed by atoms with Crippen LogP contribution in [0.3, 0.4) is 0 Å². The fourth-order valence-electron chi connectivity index (χ4n) is 6.60. The van der Waals surface area contributed by atoms with E-state index in [1.54, 1.807) is 39.0 Å². The molecule has 43 heavy (non-hydrogen) atoms. The second-order valence-corrected chi connectivity index (χ2v) is 13.1. The van der Waals surface area contributed by atoms with E-state index in [-0.39, 0.29) is 30.6 Å². The number of aldehydes is 1. The average Bonchev–Trinajstić information content (AvgIpc) is 3.49. The summed E-state index contributed by atoms with van der Waals surface area (Å²) in [5, 5.41) is 0. The maximum Gasteiger partial charge on any atom is 0.312 e. The molecule has 0 radical (unpaired) electrons. The van der Waals surface area contributed by atoms with Gasteiger partial charge in [-0.05, 0) is 62.0 Å². The molecule has 3 heterocycles. The Morgan fingerprint density at radius 1 is 1.02 bits per heavy atom. The average molecular weight is 602 g/mol. The first-order valence-corrected chi connectivity index (χ1v) is 15.3. The first-order valence-electron chi connectivity index (χ1n) is 15.3. The lowest BCUT2D eigenvalue weighted by atomic mass is 9.77. The van der Waals surface area contributed by atoms with E-state index in [0.29, 0.717) is 28.9 Å². The van der Waals surface area contributed by atoms with Gasteiger partial charge in [0.25, 0.3) is 0 Å². The predicted octanol–water partition coefficient (Wildman–Crippen LogP) is 5.31. The van der Waals surface area contributed by atoms with Gasteiger partial charge in [0, 0.05) is 6.07 Å². The highest BCUT2D eigenvalue weighted by Crippen LogP contribution is 2.41. The number of benzene rings is 1. The number of halogens is 2. The molecule has 234 valence electrons. The molecule has 1 amide bonds. The predicted molar refractivity (Wildman–Crippen MR) is 154 cm³/mol. The van der Waals surface area contributed by atoms with Gasteiger partial charge in [-0.1, -0.05) is 33.6 Å². The van der Waals surface area contributed by atoms with Gasteiger partial charge < -0.3 is 23.9 Å². The first kappa shape index (κ1) is 31.1. The van der Waals surface area contributed by atoms with Crippen LogP contribution in [-0.2, 0) is 25.5 Å². The van der Waals surface area contributed by atoms with Crippen molar-refractivity contribution in [3.05, 3.63) is 23.9 Å². The molecule has 1 aromatic heterocycles. The minimum Gasteiger partial charge on any atom is -0.497 e. The maximum absolute atomic E-state index is 15.8. The van der Waals surface area contributed by atoms with Crippen molar-refractivity contribution in [2.45, 2.75) is 103 Å². The Morgan fingerprint density at radius 2 is 1.79 bits per heavy atom. The molecule has 9 nitrogen and oxygen atoms in total. The van der Waals surface area contributed by atoms with Crippen LogP contribution in [0, 0.1) is 17.3 Å². The van der Waals surface area contributed by atoms with Gasteiger partial charge >= 0.3 is 11.9 Å². The highest BCUT2D eigenvalue weighted by molar-refractivity contribution is 5.87. The minimum absolute atomic E-state index is 0.0442. The van der Waals surface area contributed by atoms with Crippen LogP contribution < -0.4 is 9.47 Å². The zero-order valence-corrected chi connectivity index (χ0v) is 25.3. The summed E-state index contributed by atoms with van der Waals surface area (Å²) in [4.78, 5) is 49.3. The van der Waals surface area contributed by atoms with Gasteiger partial charge in [-0.2, -0.15) is 8.78 Å². The summed E-state index contributed by atoms with van der Waals surface area (Å²) < 4.78 is 48.7. The number of fused-ring (bicyclic) bond motifs is 5. The van der Waals surface area contributed by atoms with E-state index in [9.17, 15) is 14.4 Å². The van der Waals surface area contributed by atoms with Crippen LogP contribution in [0.15, 0.2) is 18.2 Å². The Bertz CT molecular complexity index is 1360. The number of ether oxygens (including phenoxy) is 3. The monoisotopic (exact) mass is 601 g/mol. The number of hydrogen-bond donors (Lipinski definition) is 0. The molecular formula is C32H41F2N3O6. The van der Waals surface area contributed by atoms with Gasteiger partial charge in [-0.3, -0.25) is 9.59 Å². The lowest BCUT2D eigenvalue weighted by molar-refractivity contribution is -0.158. The highest BCUT2D eigenvalue weighted by Gasteiger charge is 2.61. The third-order valence-electron chi connectivity index (χ3n) is 9.17. The maximum atomic E-state index is 15.8. The Labute approximate surface area is 250 Å². The molecule has 1 aromatic carbocycles. The highest BCUT2D eigenvalue weighted by atomic mass is 19.3. The number of alkyl halides is 2. The SMILES string of the molecule is COc1ccc2nc3c(nc2c1)O[C@H]1CN(C(=O)[C@H](C(C)(C)C)CC(=O)O[C@@H]2CCC[C@H]2CCCCC3)[C@H](C=O)C1(F)F. The summed E-state index contributed by atoms with van der Waals surface area (Å²) in [7, 11) is 1.52. The number of carbonyl (C=O) groups is 3. The van der Waals surface area contributed by atoms with Crippen LogP contribution in [-0.4, -0.2) is 70.9 Å². The number of aromatic nitrogens is 2. The van der Waals surface area contributed by atoms with E-state index in [4.69, 9.17) is 19.2 Å². The summed E-state index contributed by atoms with van der Waals surface area (Å²) in [5.41, 5.74) is 0.681. The Balaban J connectivity index is 1.53. The number of nitrogens with zero attached hydrogens (tertiary/aromatic N) is 3. The number of esters is 1. The van der Waals surface area contributed by atoms with Gasteiger partial charge in [0.05, 0.1) is 37.0 Å². The largest absolute Gasteiger partial charge is 0.497 e. The van der Waals surface area contributed by atoms with Crippen LogP contribution in [0.5, 0.6) is 11.6 Å².